The normalized spacial score (nSPS) is 18.9. The molecular weight excluding hydrogens is 412 g/mol. The van der Waals surface area contributed by atoms with Gasteiger partial charge in [0.05, 0.1) is 16.6 Å². The minimum absolute atomic E-state index is 0.0451. The number of imidazole rings is 1. The highest BCUT2D eigenvalue weighted by molar-refractivity contribution is 7.18. The zero-order chi connectivity index (χ0) is 21.8. The zero-order valence-corrected chi connectivity index (χ0v) is 19.5. The molecule has 0 bridgehead atoms. The van der Waals surface area contributed by atoms with Gasteiger partial charge < -0.3 is 19.7 Å². The van der Waals surface area contributed by atoms with Crippen LogP contribution in [0.25, 0.3) is 16.0 Å². The maximum absolute atomic E-state index is 12.8. The summed E-state index contributed by atoms with van der Waals surface area (Å²) in [7, 11) is 3.56. The van der Waals surface area contributed by atoms with Gasteiger partial charge in [-0.05, 0) is 50.3 Å². The number of nitrogens with zero attached hydrogens (tertiary/aromatic N) is 3. The first kappa shape index (κ1) is 22.2. The van der Waals surface area contributed by atoms with Gasteiger partial charge in [0.25, 0.3) is 5.91 Å². The highest BCUT2D eigenvalue weighted by Gasteiger charge is 2.29. The van der Waals surface area contributed by atoms with Crippen molar-refractivity contribution in [2.24, 2.45) is 0 Å². The number of aromatic nitrogens is 2. The van der Waals surface area contributed by atoms with E-state index in [1.54, 1.807) is 12.0 Å². The highest BCUT2D eigenvalue weighted by atomic mass is 32.1. The number of fused-ring (bicyclic) bond motifs is 3. The largest absolute Gasteiger partial charge is 0.385 e. The van der Waals surface area contributed by atoms with Gasteiger partial charge in [0.2, 0.25) is 0 Å². The van der Waals surface area contributed by atoms with Crippen LogP contribution in [-0.4, -0.2) is 66.3 Å². The summed E-state index contributed by atoms with van der Waals surface area (Å²) in [5.41, 5.74) is 3.14. The van der Waals surface area contributed by atoms with Gasteiger partial charge in [-0.25, -0.2) is 4.98 Å². The fourth-order valence-electron chi connectivity index (χ4n) is 4.10. The molecule has 0 radical (unpaired) electrons. The van der Waals surface area contributed by atoms with Gasteiger partial charge >= 0.3 is 0 Å². The number of ether oxygens (including phenoxy) is 2. The standard InChI is InChI=1S/C23H32N4O3S/c1-23(9-6-12-30-23)16-24-14-17-7-8-18-19(13-17)27-15-20(31-22(27)25-18)21(28)26(2)10-4-5-11-29-3/h7-8,13,15,24H,4-6,9-12,14,16H2,1-3H3/t23-/m0/s1. The number of unbranched alkanes of at least 4 members (excludes halogenated alkanes) is 1. The molecule has 1 N–H and O–H groups in total. The molecule has 1 saturated heterocycles. The maximum atomic E-state index is 12.8. The van der Waals surface area contributed by atoms with Crippen molar-refractivity contribution in [2.75, 3.05) is 40.5 Å². The Morgan fingerprint density at radius 3 is 3.06 bits per heavy atom. The number of benzene rings is 1. The Balaban J connectivity index is 1.44. The predicted octanol–water partition coefficient (Wildman–Crippen LogP) is 3.71. The van der Waals surface area contributed by atoms with Crippen LogP contribution in [0.1, 0.15) is 47.8 Å². The van der Waals surface area contributed by atoms with Gasteiger partial charge in [-0.3, -0.25) is 9.20 Å². The minimum atomic E-state index is -0.0494. The van der Waals surface area contributed by atoms with Crippen molar-refractivity contribution in [2.45, 2.75) is 44.8 Å². The molecule has 8 heteroatoms. The summed E-state index contributed by atoms with van der Waals surface area (Å²) in [6.07, 6.45) is 6.05. The van der Waals surface area contributed by atoms with Crippen molar-refractivity contribution in [1.82, 2.24) is 19.6 Å². The molecule has 1 aliphatic heterocycles. The Labute approximate surface area is 187 Å². The molecular formula is C23H32N4O3S. The number of rotatable bonds is 10. The second-order valence-electron chi connectivity index (χ2n) is 8.61. The fraction of sp³-hybridized carbons (Fsp3) is 0.565. The molecule has 0 unspecified atom stereocenters. The molecule has 2 aromatic heterocycles. The van der Waals surface area contributed by atoms with Crippen molar-refractivity contribution in [3.8, 4) is 0 Å². The molecule has 1 fully saturated rings. The van der Waals surface area contributed by atoms with Crippen LogP contribution in [0.3, 0.4) is 0 Å². The van der Waals surface area contributed by atoms with Crippen LogP contribution in [0.15, 0.2) is 24.4 Å². The van der Waals surface area contributed by atoms with Crippen LogP contribution in [0.5, 0.6) is 0 Å². The van der Waals surface area contributed by atoms with E-state index in [2.05, 4.69) is 30.4 Å². The lowest BCUT2D eigenvalue weighted by Gasteiger charge is -2.23. The summed E-state index contributed by atoms with van der Waals surface area (Å²) in [6, 6.07) is 6.34. The number of methoxy groups -OCH3 is 1. The van der Waals surface area contributed by atoms with E-state index in [1.807, 2.05) is 17.6 Å². The SMILES string of the molecule is COCCCCN(C)C(=O)c1cn2c(nc3ccc(CNC[C@]4(C)CCCO4)cc32)s1. The number of hydrogen-bond acceptors (Lipinski definition) is 6. The first-order valence-corrected chi connectivity index (χ1v) is 11.8. The Morgan fingerprint density at radius 1 is 1.42 bits per heavy atom. The Hall–Kier alpha value is -2.00. The number of thiazole rings is 1. The average Bonchev–Trinajstić information content (AvgIpc) is 3.45. The summed E-state index contributed by atoms with van der Waals surface area (Å²) in [4.78, 5) is 20.9. The molecule has 3 aromatic rings. The van der Waals surface area contributed by atoms with Crippen LogP contribution >= 0.6 is 11.3 Å². The smallest absolute Gasteiger partial charge is 0.265 e. The van der Waals surface area contributed by atoms with Crippen LogP contribution in [0.4, 0.5) is 0 Å². The number of nitrogens with one attached hydrogen (secondary N) is 1. The molecule has 0 spiro atoms. The zero-order valence-electron chi connectivity index (χ0n) is 18.6. The quantitative estimate of drug-likeness (QED) is 0.483. The molecule has 4 rings (SSSR count). The van der Waals surface area contributed by atoms with Crippen molar-refractivity contribution in [3.05, 3.63) is 34.8 Å². The van der Waals surface area contributed by atoms with Crippen molar-refractivity contribution in [1.29, 1.82) is 0 Å². The fourth-order valence-corrected chi connectivity index (χ4v) is 5.09. The third-order valence-electron chi connectivity index (χ3n) is 5.95. The molecule has 3 heterocycles. The first-order chi connectivity index (χ1) is 15.0. The van der Waals surface area contributed by atoms with E-state index in [-0.39, 0.29) is 11.5 Å². The van der Waals surface area contributed by atoms with Crippen molar-refractivity contribution < 1.29 is 14.3 Å². The maximum Gasteiger partial charge on any atom is 0.265 e. The topological polar surface area (TPSA) is 68.1 Å². The lowest BCUT2D eigenvalue weighted by molar-refractivity contribution is 0.0207. The van der Waals surface area contributed by atoms with E-state index in [0.717, 1.165) is 74.5 Å². The third-order valence-corrected chi connectivity index (χ3v) is 6.92. The Kier molecular flexibility index (Phi) is 6.91. The molecule has 31 heavy (non-hydrogen) atoms. The molecule has 0 saturated carbocycles. The van der Waals surface area contributed by atoms with Gasteiger partial charge in [0.1, 0.15) is 4.88 Å². The van der Waals surface area contributed by atoms with E-state index in [4.69, 9.17) is 14.5 Å². The average molecular weight is 445 g/mol. The number of hydrogen-bond donors (Lipinski definition) is 1. The van der Waals surface area contributed by atoms with Crippen LogP contribution in [0.2, 0.25) is 0 Å². The summed E-state index contributed by atoms with van der Waals surface area (Å²) in [5.74, 6) is 0.0451. The second-order valence-corrected chi connectivity index (χ2v) is 9.62. The molecule has 168 valence electrons. The number of amides is 1. The van der Waals surface area contributed by atoms with Crippen molar-refractivity contribution >= 4 is 33.2 Å². The van der Waals surface area contributed by atoms with Crippen molar-refractivity contribution in [3.63, 3.8) is 0 Å². The molecule has 1 aromatic carbocycles. The summed E-state index contributed by atoms with van der Waals surface area (Å²) in [6.45, 7) is 6.11. The molecule has 1 aliphatic rings. The molecule has 1 atom stereocenters. The number of carbonyl (C=O) groups excluding carboxylic acids is 1. The van der Waals surface area contributed by atoms with E-state index >= 15 is 0 Å². The van der Waals surface area contributed by atoms with E-state index in [1.165, 1.54) is 16.9 Å². The van der Waals surface area contributed by atoms with Gasteiger partial charge in [-0.1, -0.05) is 17.4 Å². The first-order valence-electron chi connectivity index (χ1n) is 11.0. The Morgan fingerprint density at radius 2 is 2.29 bits per heavy atom. The van der Waals surface area contributed by atoms with E-state index in [9.17, 15) is 4.79 Å². The van der Waals surface area contributed by atoms with E-state index < -0.39 is 0 Å². The van der Waals surface area contributed by atoms with Crippen LogP contribution in [0, 0.1) is 0 Å². The van der Waals surface area contributed by atoms with Gasteiger partial charge in [-0.15, -0.1) is 0 Å². The van der Waals surface area contributed by atoms with Gasteiger partial charge in [0.15, 0.2) is 4.96 Å². The Bertz CT molecular complexity index is 1040. The highest BCUT2D eigenvalue weighted by Crippen LogP contribution is 2.26. The monoisotopic (exact) mass is 444 g/mol. The van der Waals surface area contributed by atoms with Crippen LogP contribution in [-0.2, 0) is 16.0 Å². The molecule has 7 nitrogen and oxygen atoms in total. The van der Waals surface area contributed by atoms with Gasteiger partial charge in [0, 0.05) is 53.2 Å². The van der Waals surface area contributed by atoms with Gasteiger partial charge in [-0.2, -0.15) is 0 Å². The summed E-state index contributed by atoms with van der Waals surface area (Å²) >= 11 is 1.45. The minimum Gasteiger partial charge on any atom is -0.385 e. The lowest BCUT2D eigenvalue weighted by Crippen LogP contribution is -2.36. The second kappa shape index (κ2) is 9.65. The molecule has 0 aliphatic carbocycles. The van der Waals surface area contributed by atoms with E-state index in [0.29, 0.717) is 4.88 Å². The van der Waals surface area contributed by atoms with Crippen LogP contribution < -0.4 is 5.32 Å². The summed E-state index contributed by atoms with van der Waals surface area (Å²) < 4.78 is 13.0. The summed E-state index contributed by atoms with van der Waals surface area (Å²) in [5, 5.41) is 3.53. The lowest BCUT2D eigenvalue weighted by atomic mass is 10.0. The molecule has 1 amide bonds. The number of carbonyl (C=O) groups is 1. The third kappa shape index (κ3) is 5.09. The predicted molar refractivity (Wildman–Crippen MR) is 124 cm³/mol.